The summed E-state index contributed by atoms with van der Waals surface area (Å²) in [7, 11) is 0. The number of amides is 1. The Labute approximate surface area is 139 Å². The minimum atomic E-state index is -0.225. The lowest BCUT2D eigenvalue weighted by Crippen LogP contribution is -2.48. The van der Waals surface area contributed by atoms with Crippen molar-refractivity contribution in [1.82, 2.24) is 9.80 Å². The summed E-state index contributed by atoms with van der Waals surface area (Å²) in [5.41, 5.74) is 1.12. The molecule has 1 aromatic carbocycles. The molecule has 4 heteroatoms. The monoisotopic (exact) mass is 316 g/mol. The summed E-state index contributed by atoms with van der Waals surface area (Å²) < 4.78 is 0. The molecular formula is C19H28N2O2. The smallest absolute Gasteiger partial charge is 0.228 e. The van der Waals surface area contributed by atoms with Crippen LogP contribution >= 0.6 is 0 Å². The van der Waals surface area contributed by atoms with Crippen molar-refractivity contribution < 1.29 is 9.90 Å². The number of carbonyl (C=O) groups is 1. The van der Waals surface area contributed by atoms with Crippen molar-refractivity contribution in [2.75, 3.05) is 32.8 Å². The Bertz CT molecular complexity index is 523. The molecule has 1 aromatic rings. The van der Waals surface area contributed by atoms with Gasteiger partial charge in [-0.2, -0.15) is 0 Å². The van der Waals surface area contributed by atoms with E-state index in [-0.39, 0.29) is 17.9 Å². The van der Waals surface area contributed by atoms with E-state index in [1.807, 2.05) is 11.0 Å². The van der Waals surface area contributed by atoms with Crippen LogP contribution in [0.3, 0.4) is 0 Å². The van der Waals surface area contributed by atoms with E-state index in [1.165, 1.54) is 5.56 Å². The highest BCUT2D eigenvalue weighted by molar-refractivity contribution is 5.82. The molecule has 0 unspecified atom stereocenters. The quantitative estimate of drug-likeness (QED) is 0.925. The average molecular weight is 316 g/mol. The maximum atomic E-state index is 12.9. The summed E-state index contributed by atoms with van der Waals surface area (Å²) in [4.78, 5) is 17.3. The second-order valence-electron chi connectivity index (χ2n) is 7.41. The number of benzene rings is 1. The van der Waals surface area contributed by atoms with Gasteiger partial charge in [-0.15, -0.1) is 0 Å². The molecule has 23 heavy (non-hydrogen) atoms. The standard InChI is InChI=1S/C19H28N2O2/c1-19(18(23)21-10-7-17(14-21)15-22)8-11-20(12-9-19)13-16-5-3-2-4-6-16/h2-6,17,22H,7-15H2,1H3/t17-/m1/s1. The van der Waals surface area contributed by atoms with Crippen LogP contribution in [0.4, 0.5) is 0 Å². The van der Waals surface area contributed by atoms with Crippen LogP contribution in [0.5, 0.6) is 0 Å². The van der Waals surface area contributed by atoms with Gasteiger partial charge < -0.3 is 10.0 Å². The summed E-state index contributed by atoms with van der Waals surface area (Å²) >= 11 is 0. The second-order valence-corrected chi connectivity index (χ2v) is 7.41. The Hall–Kier alpha value is -1.39. The lowest BCUT2D eigenvalue weighted by atomic mass is 9.79. The molecule has 1 atom stereocenters. The van der Waals surface area contributed by atoms with Crippen LogP contribution in [0.1, 0.15) is 31.7 Å². The fourth-order valence-corrected chi connectivity index (χ4v) is 3.81. The van der Waals surface area contributed by atoms with Gasteiger partial charge in [-0.1, -0.05) is 37.3 Å². The van der Waals surface area contributed by atoms with Crippen molar-refractivity contribution >= 4 is 5.91 Å². The van der Waals surface area contributed by atoms with E-state index in [0.717, 1.165) is 52.0 Å². The summed E-state index contributed by atoms with van der Waals surface area (Å²) in [6.07, 6.45) is 2.80. The van der Waals surface area contributed by atoms with Crippen molar-refractivity contribution in [2.24, 2.45) is 11.3 Å². The SMILES string of the molecule is CC1(C(=O)N2CC[C@@H](CO)C2)CCN(Cc2ccccc2)CC1. The molecule has 0 spiro atoms. The zero-order valence-electron chi connectivity index (χ0n) is 14.1. The number of piperidine rings is 1. The maximum absolute atomic E-state index is 12.9. The first kappa shape index (κ1) is 16.5. The lowest BCUT2D eigenvalue weighted by Gasteiger charge is -2.40. The molecule has 2 saturated heterocycles. The maximum Gasteiger partial charge on any atom is 0.228 e. The van der Waals surface area contributed by atoms with Crippen LogP contribution < -0.4 is 0 Å². The minimum absolute atomic E-state index is 0.200. The molecule has 0 bridgehead atoms. The first-order chi connectivity index (χ1) is 11.1. The largest absolute Gasteiger partial charge is 0.396 e. The molecule has 1 N–H and O–H groups in total. The van der Waals surface area contributed by atoms with Crippen LogP contribution in [0.15, 0.2) is 30.3 Å². The molecule has 1 amide bonds. The zero-order valence-corrected chi connectivity index (χ0v) is 14.1. The third kappa shape index (κ3) is 3.75. The fraction of sp³-hybridized carbons (Fsp3) is 0.632. The van der Waals surface area contributed by atoms with E-state index in [1.54, 1.807) is 0 Å². The number of aliphatic hydroxyl groups excluding tert-OH is 1. The summed E-state index contributed by atoms with van der Waals surface area (Å²) in [6, 6.07) is 10.5. The average Bonchev–Trinajstić information content (AvgIpc) is 3.06. The minimum Gasteiger partial charge on any atom is -0.396 e. The Morgan fingerprint density at radius 2 is 1.91 bits per heavy atom. The van der Waals surface area contributed by atoms with E-state index >= 15 is 0 Å². The Kier molecular flexibility index (Phi) is 5.02. The first-order valence-corrected chi connectivity index (χ1v) is 8.77. The molecule has 2 aliphatic rings. The third-order valence-corrected chi connectivity index (χ3v) is 5.56. The third-order valence-electron chi connectivity index (χ3n) is 5.56. The van der Waals surface area contributed by atoms with Crippen LogP contribution in [-0.4, -0.2) is 53.6 Å². The van der Waals surface area contributed by atoms with Gasteiger partial charge in [0.2, 0.25) is 5.91 Å². The number of hydrogen-bond acceptors (Lipinski definition) is 3. The Morgan fingerprint density at radius 3 is 2.52 bits per heavy atom. The molecule has 3 rings (SSSR count). The predicted molar refractivity (Wildman–Crippen MR) is 90.8 cm³/mol. The highest BCUT2D eigenvalue weighted by atomic mass is 16.3. The van der Waals surface area contributed by atoms with Crippen LogP contribution in [-0.2, 0) is 11.3 Å². The number of hydrogen-bond donors (Lipinski definition) is 1. The molecule has 4 nitrogen and oxygen atoms in total. The summed E-state index contributed by atoms with van der Waals surface area (Å²) in [5, 5.41) is 9.27. The normalized spacial score (nSPS) is 24.8. The Balaban J connectivity index is 1.53. The number of nitrogens with zero attached hydrogens (tertiary/aromatic N) is 2. The van der Waals surface area contributed by atoms with E-state index in [0.29, 0.717) is 5.91 Å². The van der Waals surface area contributed by atoms with Gasteiger partial charge in [0, 0.05) is 37.6 Å². The van der Waals surface area contributed by atoms with E-state index in [4.69, 9.17) is 0 Å². The van der Waals surface area contributed by atoms with Crippen LogP contribution in [0, 0.1) is 11.3 Å². The van der Waals surface area contributed by atoms with Gasteiger partial charge >= 0.3 is 0 Å². The van der Waals surface area contributed by atoms with Gasteiger partial charge in [-0.25, -0.2) is 0 Å². The van der Waals surface area contributed by atoms with Gasteiger partial charge in [0.1, 0.15) is 0 Å². The van der Waals surface area contributed by atoms with Gasteiger partial charge in [0.05, 0.1) is 0 Å². The van der Waals surface area contributed by atoms with Crippen LogP contribution in [0.2, 0.25) is 0 Å². The number of likely N-dealkylation sites (tertiary alicyclic amines) is 2. The van der Waals surface area contributed by atoms with E-state index < -0.39 is 0 Å². The topological polar surface area (TPSA) is 43.8 Å². The van der Waals surface area contributed by atoms with E-state index in [2.05, 4.69) is 36.1 Å². The van der Waals surface area contributed by atoms with Gasteiger partial charge in [0.25, 0.3) is 0 Å². The summed E-state index contributed by atoms with van der Waals surface area (Å²) in [5.74, 6) is 0.577. The predicted octanol–water partition coefficient (Wildman–Crippen LogP) is 2.13. The first-order valence-electron chi connectivity index (χ1n) is 8.77. The van der Waals surface area contributed by atoms with Gasteiger partial charge in [-0.05, 0) is 37.9 Å². The van der Waals surface area contributed by atoms with Crippen LogP contribution in [0.25, 0.3) is 0 Å². The van der Waals surface area contributed by atoms with Gasteiger partial charge in [-0.3, -0.25) is 9.69 Å². The summed E-state index contributed by atoms with van der Waals surface area (Å²) in [6.45, 7) is 6.81. The van der Waals surface area contributed by atoms with Crippen molar-refractivity contribution in [1.29, 1.82) is 0 Å². The fourth-order valence-electron chi connectivity index (χ4n) is 3.81. The molecule has 0 aliphatic carbocycles. The molecule has 2 aliphatic heterocycles. The van der Waals surface area contributed by atoms with Crippen molar-refractivity contribution in [2.45, 2.75) is 32.7 Å². The number of aliphatic hydroxyl groups is 1. The van der Waals surface area contributed by atoms with E-state index in [9.17, 15) is 9.90 Å². The molecule has 2 fully saturated rings. The molecule has 0 aromatic heterocycles. The highest BCUT2D eigenvalue weighted by Crippen LogP contribution is 2.35. The van der Waals surface area contributed by atoms with Crippen molar-refractivity contribution in [3.63, 3.8) is 0 Å². The zero-order chi connectivity index (χ0) is 16.3. The Morgan fingerprint density at radius 1 is 1.22 bits per heavy atom. The molecule has 0 radical (unpaired) electrons. The van der Waals surface area contributed by atoms with Gasteiger partial charge in [0.15, 0.2) is 0 Å². The second kappa shape index (κ2) is 7.02. The molecule has 126 valence electrons. The number of rotatable bonds is 4. The number of carbonyl (C=O) groups excluding carboxylic acids is 1. The highest BCUT2D eigenvalue weighted by Gasteiger charge is 2.41. The molecule has 2 heterocycles. The van der Waals surface area contributed by atoms with Crippen molar-refractivity contribution in [3.05, 3.63) is 35.9 Å². The van der Waals surface area contributed by atoms with Crippen molar-refractivity contribution in [3.8, 4) is 0 Å². The molecular weight excluding hydrogens is 288 g/mol. The lowest BCUT2D eigenvalue weighted by molar-refractivity contribution is -0.143. The molecule has 0 saturated carbocycles.